The topological polar surface area (TPSA) is 98.2 Å². The number of unbranched alkanes of at least 4 members (excludes halogenated alkanes) is 1. The third kappa shape index (κ3) is 4.84. The maximum Gasteiger partial charge on any atom is 0.250 e. The molecule has 1 aliphatic heterocycles. The van der Waals surface area contributed by atoms with Crippen LogP contribution < -0.4 is 16.8 Å². The molecule has 5 nitrogen and oxygen atoms in total. The molecule has 1 aliphatic rings. The van der Waals surface area contributed by atoms with E-state index < -0.39 is 5.91 Å². The summed E-state index contributed by atoms with van der Waals surface area (Å²) in [5.41, 5.74) is 12.0. The molecule has 22 heavy (non-hydrogen) atoms. The minimum absolute atomic E-state index is 0.0817. The van der Waals surface area contributed by atoms with E-state index in [2.05, 4.69) is 5.32 Å². The van der Waals surface area contributed by atoms with Crippen LogP contribution in [0, 0.1) is 0 Å². The van der Waals surface area contributed by atoms with Gasteiger partial charge in [0.05, 0.1) is 16.9 Å². The lowest BCUT2D eigenvalue weighted by Crippen LogP contribution is -2.17. The molecular formula is C15H21N3O2S2. The molecule has 2 amide bonds. The van der Waals surface area contributed by atoms with Crippen LogP contribution in [-0.2, 0) is 4.79 Å². The van der Waals surface area contributed by atoms with Crippen molar-refractivity contribution in [2.24, 2.45) is 5.73 Å². The number of nitrogens with two attached hydrogens (primary N) is 2. The van der Waals surface area contributed by atoms with E-state index in [0.29, 0.717) is 12.1 Å². The molecule has 120 valence electrons. The lowest BCUT2D eigenvalue weighted by molar-refractivity contribution is -0.116. The average Bonchev–Trinajstić information content (AvgIpc) is 2.99. The van der Waals surface area contributed by atoms with Crippen LogP contribution in [0.5, 0.6) is 0 Å². The Bertz CT molecular complexity index is 546. The molecular weight excluding hydrogens is 318 g/mol. The third-order valence-corrected chi connectivity index (χ3v) is 6.56. The zero-order valence-electron chi connectivity index (χ0n) is 12.3. The summed E-state index contributed by atoms with van der Waals surface area (Å²) in [5, 5.41) is 3.50. The molecule has 0 aliphatic carbocycles. The maximum absolute atomic E-state index is 11.9. The molecule has 0 aromatic heterocycles. The van der Waals surface area contributed by atoms with E-state index in [9.17, 15) is 9.59 Å². The van der Waals surface area contributed by atoms with Crippen molar-refractivity contribution in [3.63, 3.8) is 0 Å². The summed E-state index contributed by atoms with van der Waals surface area (Å²) in [4.78, 5) is 23.2. The standard InChI is InChI=1S/C15H21N3O2S2/c16-14-11(15(17)20)5-3-6-12(14)18-13(19)7-2-1-4-10-8-9-21-22-10/h3,5-6,10H,1-2,4,7-9,16H2,(H2,17,20)(H,18,19). The minimum atomic E-state index is -0.597. The van der Waals surface area contributed by atoms with E-state index in [4.69, 9.17) is 11.5 Å². The van der Waals surface area contributed by atoms with Gasteiger partial charge in [0, 0.05) is 17.4 Å². The number of anilines is 2. The Kier molecular flexibility index (Phi) is 6.45. The fourth-order valence-electron chi connectivity index (χ4n) is 2.32. The fraction of sp³-hybridized carbons (Fsp3) is 0.467. The summed E-state index contributed by atoms with van der Waals surface area (Å²) < 4.78 is 0. The third-order valence-electron chi connectivity index (χ3n) is 3.55. The van der Waals surface area contributed by atoms with Crippen LogP contribution in [0.15, 0.2) is 18.2 Å². The Morgan fingerprint density at radius 2 is 2.14 bits per heavy atom. The molecule has 0 radical (unpaired) electrons. The van der Waals surface area contributed by atoms with Crippen molar-refractivity contribution in [3.8, 4) is 0 Å². The number of hydrogen-bond donors (Lipinski definition) is 3. The summed E-state index contributed by atoms with van der Waals surface area (Å²) in [6.07, 6.45) is 4.83. The second-order valence-corrected chi connectivity index (χ2v) is 8.04. The Labute approximate surface area is 138 Å². The lowest BCUT2D eigenvalue weighted by Gasteiger charge is -2.11. The normalized spacial score (nSPS) is 17.4. The van der Waals surface area contributed by atoms with Crippen LogP contribution >= 0.6 is 21.6 Å². The quantitative estimate of drug-likeness (QED) is 0.403. The highest BCUT2D eigenvalue weighted by atomic mass is 33.1. The van der Waals surface area contributed by atoms with E-state index in [0.717, 1.165) is 18.1 Å². The minimum Gasteiger partial charge on any atom is -0.396 e. The number of rotatable bonds is 7. The van der Waals surface area contributed by atoms with Gasteiger partial charge >= 0.3 is 0 Å². The molecule has 1 heterocycles. The summed E-state index contributed by atoms with van der Waals surface area (Å²) in [6.45, 7) is 0. The van der Waals surface area contributed by atoms with Gasteiger partial charge in [-0.3, -0.25) is 9.59 Å². The van der Waals surface area contributed by atoms with Crippen LogP contribution in [0.2, 0.25) is 0 Å². The number of nitrogens with one attached hydrogen (secondary N) is 1. The van der Waals surface area contributed by atoms with Gasteiger partial charge in [0.25, 0.3) is 5.91 Å². The van der Waals surface area contributed by atoms with Gasteiger partial charge < -0.3 is 16.8 Å². The monoisotopic (exact) mass is 339 g/mol. The summed E-state index contributed by atoms with van der Waals surface area (Å²) in [6, 6.07) is 4.87. The SMILES string of the molecule is NC(=O)c1cccc(NC(=O)CCCCC2CCSS2)c1N. The van der Waals surface area contributed by atoms with Crippen molar-refractivity contribution in [3.05, 3.63) is 23.8 Å². The predicted octanol–water partition coefficient (Wildman–Crippen LogP) is 3.02. The second-order valence-electron chi connectivity index (χ2n) is 5.25. The van der Waals surface area contributed by atoms with Gasteiger partial charge in [-0.05, 0) is 31.4 Å². The summed E-state index contributed by atoms with van der Waals surface area (Å²) >= 11 is 0. The molecule has 2 rings (SSSR count). The van der Waals surface area contributed by atoms with E-state index in [1.807, 2.05) is 21.6 Å². The van der Waals surface area contributed by atoms with Crippen molar-refractivity contribution in [1.29, 1.82) is 0 Å². The van der Waals surface area contributed by atoms with Crippen LogP contribution in [0.1, 0.15) is 42.5 Å². The zero-order chi connectivity index (χ0) is 15.9. The fourth-order valence-corrected chi connectivity index (χ4v) is 5.35. The molecule has 0 spiro atoms. The van der Waals surface area contributed by atoms with E-state index in [1.54, 1.807) is 18.2 Å². The second kappa shape index (κ2) is 8.33. The van der Waals surface area contributed by atoms with Crippen molar-refractivity contribution < 1.29 is 9.59 Å². The number of nitrogen functional groups attached to an aromatic ring is 1. The summed E-state index contributed by atoms with van der Waals surface area (Å²) in [7, 11) is 3.91. The largest absolute Gasteiger partial charge is 0.396 e. The number of para-hydroxylation sites is 1. The van der Waals surface area contributed by atoms with E-state index >= 15 is 0 Å². The molecule has 7 heteroatoms. The van der Waals surface area contributed by atoms with Crippen LogP contribution in [0.3, 0.4) is 0 Å². The Hall–Kier alpha value is -1.34. The van der Waals surface area contributed by atoms with Gasteiger partial charge in [-0.15, -0.1) is 0 Å². The van der Waals surface area contributed by atoms with Gasteiger partial charge in [-0.2, -0.15) is 0 Å². The van der Waals surface area contributed by atoms with Gasteiger partial charge in [-0.25, -0.2) is 0 Å². The molecule has 0 saturated carbocycles. The first kappa shape index (κ1) is 17.0. The van der Waals surface area contributed by atoms with E-state index in [-0.39, 0.29) is 17.2 Å². The van der Waals surface area contributed by atoms with Crippen LogP contribution in [0.4, 0.5) is 11.4 Å². The first-order valence-corrected chi connectivity index (χ1v) is 9.72. The van der Waals surface area contributed by atoms with Crippen molar-refractivity contribution in [1.82, 2.24) is 0 Å². The molecule has 1 aromatic rings. The van der Waals surface area contributed by atoms with Crippen LogP contribution in [-0.4, -0.2) is 22.8 Å². The predicted molar refractivity (Wildman–Crippen MR) is 94.9 cm³/mol. The molecule has 1 atom stereocenters. The van der Waals surface area contributed by atoms with Gasteiger partial charge in [-0.1, -0.05) is 34.1 Å². The Morgan fingerprint density at radius 3 is 2.82 bits per heavy atom. The molecule has 1 saturated heterocycles. The first-order chi connectivity index (χ1) is 10.6. The van der Waals surface area contributed by atoms with Crippen molar-refractivity contribution in [2.75, 3.05) is 16.8 Å². The molecule has 1 unspecified atom stereocenters. The van der Waals surface area contributed by atoms with Gasteiger partial charge in [0.2, 0.25) is 5.91 Å². The Balaban J connectivity index is 1.77. The summed E-state index contributed by atoms with van der Waals surface area (Å²) in [5.74, 6) is 0.563. The highest BCUT2D eigenvalue weighted by molar-refractivity contribution is 8.77. The number of carbonyl (C=O) groups excluding carboxylic acids is 2. The number of carbonyl (C=O) groups is 2. The smallest absolute Gasteiger partial charge is 0.250 e. The highest BCUT2D eigenvalue weighted by Crippen LogP contribution is 2.39. The molecule has 5 N–H and O–H groups in total. The average molecular weight is 339 g/mol. The first-order valence-electron chi connectivity index (χ1n) is 7.34. The highest BCUT2D eigenvalue weighted by Gasteiger charge is 2.16. The number of hydrogen-bond acceptors (Lipinski definition) is 5. The lowest BCUT2D eigenvalue weighted by atomic mass is 10.1. The molecule has 1 aromatic carbocycles. The van der Waals surface area contributed by atoms with E-state index in [1.165, 1.54) is 18.6 Å². The number of amides is 2. The molecule has 1 fully saturated rings. The van der Waals surface area contributed by atoms with Crippen molar-refractivity contribution in [2.45, 2.75) is 37.4 Å². The number of benzene rings is 1. The van der Waals surface area contributed by atoms with Crippen LogP contribution in [0.25, 0.3) is 0 Å². The molecule has 0 bridgehead atoms. The maximum atomic E-state index is 11.9. The van der Waals surface area contributed by atoms with Gasteiger partial charge in [0.1, 0.15) is 0 Å². The van der Waals surface area contributed by atoms with Gasteiger partial charge in [0.15, 0.2) is 0 Å². The zero-order valence-corrected chi connectivity index (χ0v) is 14.0. The van der Waals surface area contributed by atoms with Crippen molar-refractivity contribution >= 4 is 44.8 Å². The number of primary amides is 1. The Morgan fingerprint density at radius 1 is 1.32 bits per heavy atom.